The van der Waals surface area contributed by atoms with Crippen LogP contribution in [0.15, 0.2) is 24.3 Å². The van der Waals surface area contributed by atoms with Gasteiger partial charge in [-0.3, -0.25) is 9.59 Å². The lowest BCUT2D eigenvalue weighted by Crippen LogP contribution is -2.38. The molecule has 8 heteroatoms. The lowest BCUT2D eigenvalue weighted by atomic mass is 10.2. The second-order valence-electron chi connectivity index (χ2n) is 6.32. The number of halogens is 3. The molecule has 1 heterocycles. The van der Waals surface area contributed by atoms with Gasteiger partial charge in [0.2, 0.25) is 5.91 Å². The van der Waals surface area contributed by atoms with Crippen molar-refractivity contribution in [2.24, 2.45) is 5.92 Å². The first-order chi connectivity index (χ1) is 11.8. The third-order valence-electron chi connectivity index (χ3n) is 4.34. The first-order valence-corrected chi connectivity index (χ1v) is 8.27. The van der Waals surface area contributed by atoms with E-state index in [2.05, 4.69) is 4.74 Å². The Morgan fingerprint density at radius 3 is 2.40 bits per heavy atom. The third kappa shape index (κ3) is 4.64. The lowest BCUT2D eigenvalue weighted by Gasteiger charge is -2.22. The molecule has 5 nitrogen and oxygen atoms in total. The highest BCUT2D eigenvalue weighted by Gasteiger charge is 2.34. The fraction of sp³-hybridized carbons (Fsp3) is 0.529. The predicted octanol–water partition coefficient (Wildman–Crippen LogP) is 2.67. The summed E-state index contributed by atoms with van der Waals surface area (Å²) in [6, 6.07) is 5.06. The Balaban J connectivity index is 1.64. The molecule has 2 aliphatic rings. The van der Waals surface area contributed by atoms with Gasteiger partial charge in [0.15, 0.2) is 0 Å². The van der Waals surface area contributed by atoms with E-state index in [0.29, 0.717) is 32.6 Å². The van der Waals surface area contributed by atoms with Crippen LogP contribution in [0, 0.1) is 5.92 Å². The molecule has 1 aliphatic carbocycles. The van der Waals surface area contributed by atoms with Gasteiger partial charge in [0, 0.05) is 37.7 Å². The molecule has 25 heavy (non-hydrogen) atoms. The Labute approximate surface area is 143 Å². The molecule has 2 amide bonds. The number of benzene rings is 1. The van der Waals surface area contributed by atoms with Crippen molar-refractivity contribution in [3.05, 3.63) is 29.8 Å². The van der Waals surface area contributed by atoms with Gasteiger partial charge in [0.25, 0.3) is 5.91 Å². The van der Waals surface area contributed by atoms with Crippen LogP contribution in [0.4, 0.5) is 13.2 Å². The van der Waals surface area contributed by atoms with Crippen molar-refractivity contribution in [2.75, 3.05) is 26.2 Å². The number of hydrogen-bond acceptors (Lipinski definition) is 3. The van der Waals surface area contributed by atoms with Crippen LogP contribution in [0.5, 0.6) is 5.75 Å². The van der Waals surface area contributed by atoms with Crippen molar-refractivity contribution in [1.82, 2.24) is 9.80 Å². The number of nitrogens with zero attached hydrogens (tertiary/aromatic N) is 2. The van der Waals surface area contributed by atoms with Crippen LogP contribution < -0.4 is 4.74 Å². The summed E-state index contributed by atoms with van der Waals surface area (Å²) < 4.78 is 40.8. The maximum absolute atomic E-state index is 12.6. The zero-order chi connectivity index (χ0) is 18.0. The molecule has 2 fully saturated rings. The van der Waals surface area contributed by atoms with Crippen molar-refractivity contribution >= 4 is 11.8 Å². The summed E-state index contributed by atoms with van der Waals surface area (Å²) in [6.45, 7) is 1.91. The smallest absolute Gasteiger partial charge is 0.406 e. The minimum absolute atomic E-state index is 0.137. The molecule has 0 unspecified atom stereocenters. The van der Waals surface area contributed by atoms with Crippen LogP contribution in [-0.4, -0.2) is 54.2 Å². The second kappa shape index (κ2) is 6.93. The molecule has 0 spiro atoms. The summed E-state index contributed by atoms with van der Waals surface area (Å²) >= 11 is 0. The number of amides is 2. The van der Waals surface area contributed by atoms with Crippen LogP contribution in [0.25, 0.3) is 0 Å². The largest absolute Gasteiger partial charge is 0.573 e. The van der Waals surface area contributed by atoms with Gasteiger partial charge in [0.05, 0.1) is 0 Å². The van der Waals surface area contributed by atoms with E-state index in [1.807, 2.05) is 0 Å². The SMILES string of the molecule is O=C(c1cccc(OC(F)(F)F)c1)N1CCCN(C(=O)C2CC2)CC1. The zero-order valence-electron chi connectivity index (χ0n) is 13.6. The molecular weight excluding hydrogens is 337 g/mol. The number of alkyl halides is 3. The van der Waals surface area contributed by atoms with Crippen molar-refractivity contribution in [1.29, 1.82) is 0 Å². The average molecular weight is 356 g/mol. The number of hydrogen-bond donors (Lipinski definition) is 0. The van der Waals surface area contributed by atoms with Crippen molar-refractivity contribution in [2.45, 2.75) is 25.6 Å². The molecule has 0 aromatic heterocycles. The van der Waals surface area contributed by atoms with Crippen LogP contribution in [0.3, 0.4) is 0 Å². The number of carbonyl (C=O) groups is 2. The Morgan fingerprint density at radius 1 is 1.04 bits per heavy atom. The maximum atomic E-state index is 12.6. The predicted molar refractivity (Wildman–Crippen MR) is 82.9 cm³/mol. The zero-order valence-corrected chi connectivity index (χ0v) is 13.6. The van der Waals surface area contributed by atoms with Crippen molar-refractivity contribution in [3.63, 3.8) is 0 Å². The fourth-order valence-corrected chi connectivity index (χ4v) is 2.94. The Hall–Kier alpha value is -2.25. The molecule has 0 atom stereocenters. The number of carbonyl (C=O) groups excluding carboxylic acids is 2. The highest BCUT2D eigenvalue weighted by Crippen LogP contribution is 2.31. The van der Waals surface area contributed by atoms with Gasteiger partial charge in [-0.25, -0.2) is 0 Å². The molecule has 1 aromatic rings. The van der Waals surface area contributed by atoms with Gasteiger partial charge >= 0.3 is 6.36 Å². The summed E-state index contributed by atoms with van der Waals surface area (Å²) in [7, 11) is 0. The normalized spacial score (nSPS) is 18.7. The molecule has 0 radical (unpaired) electrons. The molecule has 0 N–H and O–H groups in total. The van der Waals surface area contributed by atoms with Gasteiger partial charge in [-0.15, -0.1) is 13.2 Å². The van der Waals surface area contributed by atoms with Crippen molar-refractivity contribution < 1.29 is 27.5 Å². The standard InChI is InChI=1S/C17H19F3N2O3/c18-17(19,20)25-14-4-1-3-13(11-14)16(24)22-8-2-7-21(9-10-22)15(23)12-5-6-12/h1,3-4,11-12H,2,5-10H2. The Morgan fingerprint density at radius 2 is 1.72 bits per heavy atom. The summed E-state index contributed by atoms with van der Waals surface area (Å²) in [4.78, 5) is 28.1. The van der Waals surface area contributed by atoms with Crippen LogP contribution in [-0.2, 0) is 4.79 Å². The molecule has 1 saturated carbocycles. The van der Waals surface area contributed by atoms with E-state index in [4.69, 9.17) is 0 Å². The molecular formula is C17H19F3N2O3. The molecule has 1 saturated heterocycles. The van der Waals surface area contributed by atoms with E-state index in [1.165, 1.54) is 12.1 Å². The van der Waals surface area contributed by atoms with Gasteiger partial charge in [0.1, 0.15) is 5.75 Å². The fourth-order valence-electron chi connectivity index (χ4n) is 2.94. The van der Waals surface area contributed by atoms with Crippen LogP contribution in [0.1, 0.15) is 29.6 Å². The summed E-state index contributed by atoms with van der Waals surface area (Å²) in [6.07, 6.45) is -2.27. The first-order valence-electron chi connectivity index (χ1n) is 8.27. The van der Waals surface area contributed by atoms with E-state index < -0.39 is 12.1 Å². The lowest BCUT2D eigenvalue weighted by molar-refractivity contribution is -0.274. The van der Waals surface area contributed by atoms with Crippen LogP contribution in [0.2, 0.25) is 0 Å². The van der Waals surface area contributed by atoms with E-state index in [9.17, 15) is 22.8 Å². The topological polar surface area (TPSA) is 49.9 Å². The van der Waals surface area contributed by atoms with E-state index in [-0.39, 0.29) is 23.3 Å². The monoisotopic (exact) mass is 356 g/mol. The molecule has 1 aliphatic heterocycles. The second-order valence-corrected chi connectivity index (χ2v) is 6.32. The summed E-state index contributed by atoms with van der Waals surface area (Å²) in [5.41, 5.74) is 0.142. The number of ether oxygens (including phenoxy) is 1. The summed E-state index contributed by atoms with van der Waals surface area (Å²) in [5, 5.41) is 0. The van der Waals surface area contributed by atoms with E-state index in [0.717, 1.165) is 25.0 Å². The van der Waals surface area contributed by atoms with E-state index in [1.54, 1.807) is 9.80 Å². The Kier molecular flexibility index (Phi) is 4.87. The van der Waals surface area contributed by atoms with Gasteiger partial charge in [-0.1, -0.05) is 6.07 Å². The minimum Gasteiger partial charge on any atom is -0.406 e. The molecule has 1 aromatic carbocycles. The number of rotatable bonds is 3. The van der Waals surface area contributed by atoms with Gasteiger partial charge < -0.3 is 14.5 Å². The van der Waals surface area contributed by atoms with Gasteiger partial charge in [-0.05, 0) is 37.5 Å². The quantitative estimate of drug-likeness (QED) is 0.837. The minimum atomic E-state index is -4.80. The first kappa shape index (κ1) is 17.6. The van der Waals surface area contributed by atoms with Crippen molar-refractivity contribution in [3.8, 4) is 5.75 Å². The summed E-state index contributed by atoms with van der Waals surface area (Å²) in [5.74, 6) is -0.486. The molecule has 136 valence electrons. The average Bonchev–Trinajstić information content (AvgIpc) is 3.38. The third-order valence-corrected chi connectivity index (χ3v) is 4.34. The molecule has 3 rings (SSSR count). The maximum Gasteiger partial charge on any atom is 0.573 e. The Bertz CT molecular complexity index is 659. The van der Waals surface area contributed by atoms with Gasteiger partial charge in [-0.2, -0.15) is 0 Å². The van der Waals surface area contributed by atoms with E-state index >= 15 is 0 Å². The van der Waals surface area contributed by atoms with Crippen LogP contribution >= 0.6 is 0 Å². The molecule has 0 bridgehead atoms. The highest BCUT2D eigenvalue weighted by molar-refractivity contribution is 5.94. The highest BCUT2D eigenvalue weighted by atomic mass is 19.4.